The third-order valence-electron chi connectivity index (χ3n) is 2.84. The van der Waals surface area contributed by atoms with Gasteiger partial charge in [0.1, 0.15) is 6.61 Å². The number of anilines is 1. The lowest BCUT2D eigenvalue weighted by atomic mass is 10.2. The van der Waals surface area contributed by atoms with Crippen molar-refractivity contribution in [2.75, 3.05) is 25.1 Å². The van der Waals surface area contributed by atoms with Gasteiger partial charge in [0.15, 0.2) is 0 Å². The largest absolute Gasteiger partial charge is 0.370 e. The van der Waals surface area contributed by atoms with E-state index in [4.69, 9.17) is 4.74 Å². The smallest absolute Gasteiger partial charge is 0.250 e. The third-order valence-corrected chi connectivity index (χ3v) is 3.37. The van der Waals surface area contributed by atoms with Crippen molar-refractivity contribution in [1.82, 2.24) is 5.32 Å². The molecule has 18 heavy (non-hydrogen) atoms. The minimum absolute atomic E-state index is 0.105. The molecular weight excluding hydrogens is 296 g/mol. The van der Waals surface area contributed by atoms with E-state index in [0.29, 0.717) is 12.6 Å². The SMILES string of the molecule is O=C(COCC1CCCN1)Nc1ccc(Br)cc1. The van der Waals surface area contributed by atoms with Gasteiger partial charge in [0.25, 0.3) is 0 Å². The quantitative estimate of drug-likeness (QED) is 0.876. The second-order valence-corrected chi connectivity index (χ2v) is 5.28. The van der Waals surface area contributed by atoms with Crippen molar-refractivity contribution in [3.63, 3.8) is 0 Å². The van der Waals surface area contributed by atoms with E-state index < -0.39 is 0 Å². The van der Waals surface area contributed by atoms with E-state index in [0.717, 1.165) is 23.1 Å². The molecule has 1 aromatic rings. The first-order chi connectivity index (χ1) is 8.74. The van der Waals surface area contributed by atoms with Gasteiger partial charge in [-0.2, -0.15) is 0 Å². The highest BCUT2D eigenvalue weighted by atomic mass is 79.9. The molecule has 98 valence electrons. The maximum Gasteiger partial charge on any atom is 0.250 e. The van der Waals surface area contributed by atoms with Crippen LogP contribution in [0.2, 0.25) is 0 Å². The molecule has 0 saturated carbocycles. The molecule has 1 unspecified atom stereocenters. The summed E-state index contributed by atoms with van der Waals surface area (Å²) >= 11 is 3.35. The highest BCUT2D eigenvalue weighted by Gasteiger charge is 2.14. The first kappa shape index (κ1) is 13.5. The zero-order valence-corrected chi connectivity index (χ0v) is 11.7. The van der Waals surface area contributed by atoms with Crippen LogP contribution in [-0.4, -0.2) is 31.7 Å². The van der Waals surface area contributed by atoms with Crippen LogP contribution in [0.25, 0.3) is 0 Å². The Kier molecular flexibility index (Phi) is 5.16. The molecule has 1 amide bonds. The average Bonchev–Trinajstić information content (AvgIpc) is 2.85. The molecule has 5 heteroatoms. The van der Waals surface area contributed by atoms with Crippen LogP contribution in [0, 0.1) is 0 Å². The van der Waals surface area contributed by atoms with Crippen LogP contribution in [0.3, 0.4) is 0 Å². The normalized spacial score (nSPS) is 18.8. The standard InChI is InChI=1S/C13H17BrN2O2/c14-10-3-5-11(6-4-10)16-13(17)9-18-8-12-2-1-7-15-12/h3-6,12,15H,1-2,7-9H2,(H,16,17). The summed E-state index contributed by atoms with van der Waals surface area (Å²) in [6.07, 6.45) is 2.33. The zero-order valence-electron chi connectivity index (χ0n) is 10.1. The fourth-order valence-corrected chi connectivity index (χ4v) is 2.19. The first-order valence-corrected chi connectivity index (χ1v) is 6.90. The Labute approximate surface area is 115 Å². The number of carbonyl (C=O) groups is 1. The fraction of sp³-hybridized carbons (Fsp3) is 0.462. The predicted octanol–water partition coefficient (Wildman–Crippen LogP) is 2.16. The van der Waals surface area contributed by atoms with Crippen molar-refractivity contribution in [3.8, 4) is 0 Å². The number of halogens is 1. The van der Waals surface area contributed by atoms with Crippen LogP contribution in [-0.2, 0) is 9.53 Å². The monoisotopic (exact) mass is 312 g/mol. The van der Waals surface area contributed by atoms with E-state index in [1.165, 1.54) is 6.42 Å². The van der Waals surface area contributed by atoms with Gasteiger partial charge < -0.3 is 15.4 Å². The summed E-state index contributed by atoms with van der Waals surface area (Å²) in [4.78, 5) is 11.6. The first-order valence-electron chi connectivity index (χ1n) is 6.10. The molecule has 1 saturated heterocycles. The van der Waals surface area contributed by atoms with Crippen LogP contribution in [0.15, 0.2) is 28.7 Å². The molecule has 1 aromatic carbocycles. The van der Waals surface area contributed by atoms with Gasteiger partial charge in [-0.15, -0.1) is 0 Å². The maximum absolute atomic E-state index is 11.6. The Bertz CT molecular complexity index is 388. The average molecular weight is 313 g/mol. The number of rotatable bonds is 5. The van der Waals surface area contributed by atoms with E-state index in [-0.39, 0.29) is 12.5 Å². The number of ether oxygens (including phenoxy) is 1. The summed E-state index contributed by atoms with van der Waals surface area (Å²) in [6.45, 7) is 1.76. The molecule has 2 N–H and O–H groups in total. The summed E-state index contributed by atoms with van der Waals surface area (Å²) in [7, 11) is 0. The molecule has 1 aliphatic heterocycles. The Morgan fingerprint density at radius 2 is 2.22 bits per heavy atom. The highest BCUT2D eigenvalue weighted by Crippen LogP contribution is 2.13. The second kappa shape index (κ2) is 6.87. The molecule has 0 radical (unpaired) electrons. The molecule has 1 fully saturated rings. The predicted molar refractivity (Wildman–Crippen MR) is 74.6 cm³/mol. The van der Waals surface area contributed by atoms with Gasteiger partial charge in [-0.3, -0.25) is 4.79 Å². The van der Waals surface area contributed by atoms with Crippen LogP contribution in [0.5, 0.6) is 0 Å². The van der Waals surface area contributed by atoms with Gasteiger partial charge >= 0.3 is 0 Å². The number of amides is 1. The lowest BCUT2D eigenvalue weighted by Gasteiger charge is -2.10. The summed E-state index contributed by atoms with van der Waals surface area (Å²) in [5, 5.41) is 6.11. The number of benzene rings is 1. The zero-order chi connectivity index (χ0) is 12.8. The Hall–Kier alpha value is -0.910. The topological polar surface area (TPSA) is 50.4 Å². The van der Waals surface area contributed by atoms with Gasteiger partial charge in [-0.05, 0) is 43.7 Å². The van der Waals surface area contributed by atoms with E-state index in [1.54, 1.807) is 0 Å². The van der Waals surface area contributed by atoms with E-state index >= 15 is 0 Å². The molecule has 4 nitrogen and oxygen atoms in total. The van der Waals surface area contributed by atoms with E-state index in [1.807, 2.05) is 24.3 Å². The van der Waals surface area contributed by atoms with Crippen LogP contribution >= 0.6 is 15.9 Å². The Morgan fingerprint density at radius 1 is 1.44 bits per heavy atom. The van der Waals surface area contributed by atoms with Crippen molar-refractivity contribution < 1.29 is 9.53 Å². The number of hydrogen-bond acceptors (Lipinski definition) is 3. The molecular formula is C13H17BrN2O2. The van der Waals surface area contributed by atoms with Crippen molar-refractivity contribution >= 4 is 27.5 Å². The van der Waals surface area contributed by atoms with Crippen LogP contribution in [0.4, 0.5) is 5.69 Å². The van der Waals surface area contributed by atoms with Crippen molar-refractivity contribution in [2.24, 2.45) is 0 Å². The minimum atomic E-state index is -0.115. The molecule has 1 heterocycles. The lowest BCUT2D eigenvalue weighted by Crippen LogP contribution is -2.29. The van der Waals surface area contributed by atoms with Crippen LogP contribution < -0.4 is 10.6 Å². The molecule has 2 rings (SSSR count). The Balaban J connectivity index is 1.66. The highest BCUT2D eigenvalue weighted by molar-refractivity contribution is 9.10. The molecule has 0 spiro atoms. The fourth-order valence-electron chi connectivity index (χ4n) is 1.92. The van der Waals surface area contributed by atoms with Gasteiger partial charge in [0, 0.05) is 16.2 Å². The number of hydrogen-bond donors (Lipinski definition) is 2. The molecule has 0 aromatic heterocycles. The number of nitrogens with one attached hydrogen (secondary N) is 2. The summed E-state index contributed by atoms with van der Waals surface area (Å²) in [5.74, 6) is -0.115. The van der Waals surface area contributed by atoms with Crippen LogP contribution in [0.1, 0.15) is 12.8 Å². The molecule has 0 aliphatic carbocycles. The van der Waals surface area contributed by atoms with Crippen molar-refractivity contribution in [3.05, 3.63) is 28.7 Å². The maximum atomic E-state index is 11.6. The Morgan fingerprint density at radius 3 is 2.89 bits per heavy atom. The summed E-state index contributed by atoms with van der Waals surface area (Å²) < 4.78 is 6.38. The van der Waals surface area contributed by atoms with Gasteiger partial charge in [0.05, 0.1) is 6.61 Å². The lowest BCUT2D eigenvalue weighted by molar-refractivity contribution is -0.120. The minimum Gasteiger partial charge on any atom is -0.370 e. The summed E-state index contributed by atoms with van der Waals surface area (Å²) in [6, 6.07) is 7.88. The molecule has 1 atom stereocenters. The number of carbonyl (C=O) groups excluding carboxylic acids is 1. The van der Waals surface area contributed by atoms with Gasteiger partial charge in [-0.25, -0.2) is 0 Å². The molecule has 1 aliphatic rings. The second-order valence-electron chi connectivity index (χ2n) is 4.36. The summed E-state index contributed by atoms with van der Waals surface area (Å²) in [5.41, 5.74) is 0.783. The van der Waals surface area contributed by atoms with E-state index in [9.17, 15) is 4.79 Å². The third kappa shape index (κ3) is 4.40. The van der Waals surface area contributed by atoms with E-state index in [2.05, 4.69) is 26.6 Å². The van der Waals surface area contributed by atoms with Gasteiger partial charge in [0.2, 0.25) is 5.91 Å². The van der Waals surface area contributed by atoms with Gasteiger partial charge in [-0.1, -0.05) is 15.9 Å². The van der Waals surface area contributed by atoms with Crippen molar-refractivity contribution in [1.29, 1.82) is 0 Å². The molecule has 0 bridgehead atoms. The van der Waals surface area contributed by atoms with Crippen molar-refractivity contribution in [2.45, 2.75) is 18.9 Å².